The van der Waals surface area contributed by atoms with E-state index in [1.807, 2.05) is 18.4 Å². The largest absolute Gasteiger partial charge is 0.355 e. The third-order valence-electron chi connectivity index (χ3n) is 3.60. The first kappa shape index (κ1) is 16.5. The summed E-state index contributed by atoms with van der Waals surface area (Å²) in [5.74, 6) is -0.577. The number of hydrogen-bond acceptors (Lipinski definition) is 4. The molecule has 7 heteroatoms. The first-order valence-electron chi connectivity index (χ1n) is 7.52. The molecule has 22 heavy (non-hydrogen) atoms. The number of carbonyl (C=O) groups is 3. The van der Waals surface area contributed by atoms with Crippen molar-refractivity contribution in [3.63, 3.8) is 0 Å². The fraction of sp³-hybridized carbons (Fsp3) is 0.533. The molecule has 1 aromatic heterocycles. The van der Waals surface area contributed by atoms with E-state index >= 15 is 0 Å². The van der Waals surface area contributed by atoms with Crippen LogP contribution in [0, 0.1) is 0 Å². The summed E-state index contributed by atoms with van der Waals surface area (Å²) in [5, 5.41) is 7.10. The van der Waals surface area contributed by atoms with Crippen molar-refractivity contribution < 1.29 is 14.4 Å². The number of amides is 3. The molecule has 1 aromatic rings. The lowest BCUT2D eigenvalue weighted by atomic mass is 10.0. The van der Waals surface area contributed by atoms with Gasteiger partial charge in [0, 0.05) is 13.1 Å². The van der Waals surface area contributed by atoms with E-state index in [4.69, 9.17) is 0 Å². The van der Waals surface area contributed by atoms with Gasteiger partial charge in [-0.1, -0.05) is 6.07 Å². The van der Waals surface area contributed by atoms with E-state index in [0.29, 0.717) is 24.4 Å². The quantitative estimate of drug-likeness (QED) is 0.848. The number of likely N-dealkylation sites (N-methyl/N-ethyl adjacent to an activating group) is 1. The lowest BCUT2D eigenvalue weighted by molar-refractivity contribution is -0.129. The normalized spacial score (nSPS) is 17.9. The van der Waals surface area contributed by atoms with Gasteiger partial charge in [0.15, 0.2) is 0 Å². The predicted molar refractivity (Wildman–Crippen MR) is 84.7 cm³/mol. The third-order valence-corrected chi connectivity index (χ3v) is 4.45. The number of hydrogen-bond donors (Lipinski definition) is 2. The standard InChI is InChI=1S/C15H21N3O3S/c1-2-16-13(19)10-17-14(20)11-6-3-4-8-18(11)15(21)12-7-5-9-22-12/h5,7,9,11H,2-4,6,8,10H2,1H3,(H,16,19)(H,17,20). The molecule has 0 radical (unpaired) electrons. The van der Waals surface area contributed by atoms with Gasteiger partial charge in [-0.2, -0.15) is 0 Å². The van der Waals surface area contributed by atoms with Crippen LogP contribution in [0.3, 0.4) is 0 Å². The van der Waals surface area contributed by atoms with E-state index < -0.39 is 6.04 Å². The van der Waals surface area contributed by atoms with Crippen molar-refractivity contribution in [1.29, 1.82) is 0 Å². The zero-order valence-electron chi connectivity index (χ0n) is 12.6. The van der Waals surface area contributed by atoms with Crippen molar-refractivity contribution in [2.24, 2.45) is 0 Å². The van der Waals surface area contributed by atoms with E-state index in [1.54, 1.807) is 11.0 Å². The van der Waals surface area contributed by atoms with Crippen LogP contribution < -0.4 is 10.6 Å². The van der Waals surface area contributed by atoms with E-state index in [2.05, 4.69) is 10.6 Å². The fourth-order valence-corrected chi connectivity index (χ4v) is 3.21. The number of piperidine rings is 1. The second-order valence-electron chi connectivity index (χ2n) is 5.16. The molecule has 120 valence electrons. The fourth-order valence-electron chi connectivity index (χ4n) is 2.53. The smallest absolute Gasteiger partial charge is 0.264 e. The zero-order chi connectivity index (χ0) is 15.9. The molecule has 1 saturated heterocycles. The number of thiophene rings is 1. The van der Waals surface area contributed by atoms with Gasteiger partial charge in [0.2, 0.25) is 11.8 Å². The molecule has 1 aliphatic heterocycles. The zero-order valence-corrected chi connectivity index (χ0v) is 13.4. The van der Waals surface area contributed by atoms with Crippen LogP contribution in [-0.2, 0) is 9.59 Å². The van der Waals surface area contributed by atoms with Gasteiger partial charge in [0.05, 0.1) is 11.4 Å². The Morgan fingerprint density at radius 3 is 2.82 bits per heavy atom. The molecule has 0 bridgehead atoms. The molecule has 0 spiro atoms. The van der Waals surface area contributed by atoms with Gasteiger partial charge in [-0.3, -0.25) is 14.4 Å². The highest BCUT2D eigenvalue weighted by Gasteiger charge is 2.32. The van der Waals surface area contributed by atoms with Crippen LogP contribution in [0.1, 0.15) is 35.9 Å². The molecular formula is C15H21N3O3S. The minimum absolute atomic E-state index is 0.0514. The Morgan fingerprint density at radius 1 is 1.32 bits per heavy atom. The molecular weight excluding hydrogens is 302 g/mol. The maximum atomic E-state index is 12.5. The van der Waals surface area contributed by atoms with Crippen LogP contribution in [-0.4, -0.2) is 48.3 Å². The monoisotopic (exact) mass is 323 g/mol. The first-order chi connectivity index (χ1) is 10.6. The molecule has 6 nitrogen and oxygen atoms in total. The molecule has 1 unspecified atom stereocenters. The maximum Gasteiger partial charge on any atom is 0.264 e. The van der Waals surface area contributed by atoms with Crippen LogP contribution in [0.2, 0.25) is 0 Å². The average Bonchev–Trinajstić information content (AvgIpc) is 3.06. The van der Waals surface area contributed by atoms with Crippen molar-refractivity contribution >= 4 is 29.1 Å². The Bertz CT molecular complexity index is 530. The highest BCUT2D eigenvalue weighted by atomic mass is 32.1. The van der Waals surface area contributed by atoms with E-state index in [1.165, 1.54) is 11.3 Å². The average molecular weight is 323 g/mol. The van der Waals surface area contributed by atoms with E-state index in [0.717, 1.165) is 12.8 Å². The summed E-state index contributed by atoms with van der Waals surface area (Å²) >= 11 is 1.38. The third kappa shape index (κ3) is 4.07. The molecule has 1 aliphatic rings. The lowest BCUT2D eigenvalue weighted by Gasteiger charge is -2.34. The summed E-state index contributed by atoms with van der Waals surface area (Å²) in [7, 11) is 0. The second-order valence-corrected chi connectivity index (χ2v) is 6.11. The van der Waals surface area contributed by atoms with Crippen molar-refractivity contribution in [3.8, 4) is 0 Å². The number of nitrogens with zero attached hydrogens (tertiary/aromatic N) is 1. The summed E-state index contributed by atoms with van der Waals surface area (Å²) < 4.78 is 0. The molecule has 2 rings (SSSR count). The summed E-state index contributed by atoms with van der Waals surface area (Å²) in [6, 6.07) is 3.11. The van der Waals surface area contributed by atoms with Crippen LogP contribution in [0.4, 0.5) is 0 Å². The van der Waals surface area contributed by atoms with E-state index in [-0.39, 0.29) is 24.3 Å². The molecule has 1 atom stereocenters. The number of likely N-dealkylation sites (tertiary alicyclic amines) is 1. The molecule has 2 N–H and O–H groups in total. The second kappa shape index (κ2) is 7.93. The highest BCUT2D eigenvalue weighted by Crippen LogP contribution is 2.21. The Balaban J connectivity index is 1.98. The molecule has 0 aromatic carbocycles. The van der Waals surface area contributed by atoms with Crippen LogP contribution in [0.5, 0.6) is 0 Å². The first-order valence-corrected chi connectivity index (χ1v) is 8.40. The van der Waals surface area contributed by atoms with Gasteiger partial charge < -0.3 is 15.5 Å². The van der Waals surface area contributed by atoms with Crippen molar-refractivity contribution in [1.82, 2.24) is 15.5 Å². The number of carbonyl (C=O) groups excluding carboxylic acids is 3. The summed E-state index contributed by atoms with van der Waals surface area (Å²) in [5.41, 5.74) is 0. The minimum atomic E-state index is -0.488. The van der Waals surface area contributed by atoms with Gasteiger partial charge >= 0.3 is 0 Å². The van der Waals surface area contributed by atoms with Crippen LogP contribution >= 0.6 is 11.3 Å². The van der Waals surface area contributed by atoms with Gasteiger partial charge in [0.1, 0.15) is 6.04 Å². The van der Waals surface area contributed by atoms with Crippen molar-refractivity contribution in [3.05, 3.63) is 22.4 Å². The Hall–Kier alpha value is -1.89. The summed E-state index contributed by atoms with van der Waals surface area (Å²) in [6.07, 6.45) is 2.45. The topological polar surface area (TPSA) is 78.5 Å². The Kier molecular flexibility index (Phi) is 5.94. The summed E-state index contributed by atoms with van der Waals surface area (Å²) in [6.45, 7) is 2.88. The summed E-state index contributed by atoms with van der Waals surface area (Å²) in [4.78, 5) is 38.5. The molecule has 3 amide bonds. The van der Waals surface area contributed by atoms with Gasteiger partial charge in [-0.05, 0) is 37.6 Å². The van der Waals surface area contributed by atoms with Crippen molar-refractivity contribution in [2.45, 2.75) is 32.2 Å². The van der Waals surface area contributed by atoms with Crippen molar-refractivity contribution in [2.75, 3.05) is 19.6 Å². The van der Waals surface area contributed by atoms with Crippen LogP contribution in [0.15, 0.2) is 17.5 Å². The maximum absolute atomic E-state index is 12.5. The minimum Gasteiger partial charge on any atom is -0.355 e. The lowest BCUT2D eigenvalue weighted by Crippen LogP contribution is -2.53. The van der Waals surface area contributed by atoms with Gasteiger partial charge in [-0.25, -0.2) is 0 Å². The number of rotatable bonds is 5. The molecule has 0 aliphatic carbocycles. The van der Waals surface area contributed by atoms with Crippen LogP contribution in [0.25, 0.3) is 0 Å². The predicted octanol–water partition coefficient (Wildman–Crippen LogP) is 0.995. The van der Waals surface area contributed by atoms with Gasteiger partial charge in [0.25, 0.3) is 5.91 Å². The Morgan fingerprint density at radius 2 is 2.14 bits per heavy atom. The van der Waals surface area contributed by atoms with E-state index in [9.17, 15) is 14.4 Å². The number of nitrogens with one attached hydrogen (secondary N) is 2. The highest BCUT2D eigenvalue weighted by molar-refractivity contribution is 7.12. The molecule has 1 fully saturated rings. The SMILES string of the molecule is CCNC(=O)CNC(=O)C1CCCCN1C(=O)c1cccs1. The molecule has 0 saturated carbocycles. The Labute approximate surface area is 133 Å². The molecule has 2 heterocycles. The van der Waals surface area contributed by atoms with Gasteiger partial charge in [-0.15, -0.1) is 11.3 Å².